The molecule has 2 nitrogen and oxygen atoms in total. The monoisotopic (exact) mass is 214 g/mol. The van der Waals surface area contributed by atoms with Gasteiger partial charge in [-0.1, -0.05) is 31.5 Å². The Morgan fingerprint density at radius 3 is 2.14 bits per heavy atom. The number of hydrogen-bond donors (Lipinski definition) is 1. The Bertz CT molecular complexity index is 234. The average molecular weight is 214 g/mol. The van der Waals surface area contributed by atoms with Crippen LogP contribution in [0.2, 0.25) is 0 Å². The van der Waals surface area contributed by atoms with E-state index in [1.54, 1.807) is 0 Å². The maximum atomic E-state index is 9.45. The zero-order valence-corrected chi connectivity index (χ0v) is 10.2. The Kier molecular flexibility index (Phi) is 7.68. The molecule has 14 heavy (non-hydrogen) atoms. The molecule has 3 heteroatoms. The quantitative estimate of drug-likeness (QED) is 0.784. The van der Waals surface area contributed by atoms with Gasteiger partial charge in [0, 0.05) is 5.30 Å². The summed E-state index contributed by atoms with van der Waals surface area (Å²) in [4.78, 5) is 9.45. The van der Waals surface area contributed by atoms with E-state index in [2.05, 4.69) is 0 Å². The molecule has 0 amide bonds. The normalized spacial score (nSPS) is 11.5. The summed E-state index contributed by atoms with van der Waals surface area (Å²) in [5.74, 6) is 0. The second kappa shape index (κ2) is 7.93. The van der Waals surface area contributed by atoms with Gasteiger partial charge in [0.05, 0.1) is 6.61 Å². The highest BCUT2D eigenvalue weighted by Gasteiger charge is 2.06. The van der Waals surface area contributed by atoms with Gasteiger partial charge in [0.25, 0.3) is 0 Å². The van der Waals surface area contributed by atoms with Crippen molar-refractivity contribution in [1.29, 1.82) is 0 Å². The molecule has 0 spiro atoms. The van der Waals surface area contributed by atoms with Crippen LogP contribution < -0.4 is 5.30 Å². The average Bonchev–Trinajstić information content (AvgIpc) is 2.22. The fourth-order valence-electron chi connectivity index (χ4n) is 0.869. The van der Waals surface area contributed by atoms with Crippen LogP contribution in [0.3, 0.4) is 0 Å². The van der Waals surface area contributed by atoms with Gasteiger partial charge in [0.2, 0.25) is 8.38 Å². The maximum Gasteiger partial charge on any atom is 0.202 e. The van der Waals surface area contributed by atoms with Gasteiger partial charge in [-0.25, -0.2) is 0 Å². The second-order valence-corrected chi connectivity index (χ2v) is 3.85. The van der Waals surface area contributed by atoms with Crippen molar-refractivity contribution in [2.75, 3.05) is 6.61 Å². The lowest BCUT2D eigenvalue weighted by molar-refractivity contribution is 0.337. The Hall–Kier alpha value is -0.430. The van der Waals surface area contributed by atoms with Crippen LogP contribution in [0.25, 0.3) is 0 Å². The lowest BCUT2D eigenvalue weighted by Gasteiger charge is -2.08. The minimum Gasteiger partial charge on any atom is -0.346 e. The van der Waals surface area contributed by atoms with E-state index in [1.807, 2.05) is 52.0 Å². The van der Waals surface area contributed by atoms with Gasteiger partial charge in [0.15, 0.2) is 0 Å². The first kappa shape index (κ1) is 13.6. The molecular formula is C11H19O2P. The molecule has 1 N–H and O–H groups in total. The van der Waals surface area contributed by atoms with Gasteiger partial charge < -0.3 is 9.42 Å². The summed E-state index contributed by atoms with van der Waals surface area (Å²) in [6, 6.07) is 7.74. The van der Waals surface area contributed by atoms with E-state index < -0.39 is 8.38 Å². The number of hydrogen-bond acceptors (Lipinski definition) is 2. The second-order valence-electron chi connectivity index (χ2n) is 2.53. The van der Waals surface area contributed by atoms with Crippen LogP contribution in [0.5, 0.6) is 0 Å². The summed E-state index contributed by atoms with van der Waals surface area (Å²) in [6.07, 6.45) is 0. The minimum atomic E-state index is -1.39. The molecule has 0 bridgehead atoms. The summed E-state index contributed by atoms with van der Waals surface area (Å²) in [6.45, 7) is 8.44. The summed E-state index contributed by atoms with van der Waals surface area (Å²) < 4.78 is 5.09. The van der Waals surface area contributed by atoms with Crippen LogP contribution in [0.1, 0.15) is 26.3 Å². The molecule has 0 aliphatic heterocycles. The van der Waals surface area contributed by atoms with Gasteiger partial charge in [-0.3, -0.25) is 0 Å². The zero-order valence-electron chi connectivity index (χ0n) is 9.32. The molecule has 0 aliphatic carbocycles. The molecule has 0 fully saturated rings. The van der Waals surface area contributed by atoms with Gasteiger partial charge >= 0.3 is 0 Å². The molecule has 1 aromatic rings. The van der Waals surface area contributed by atoms with Crippen molar-refractivity contribution in [2.24, 2.45) is 0 Å². The summed E-state index contributed by atoms with van der Waals surface area (Å²) in [5.41, 5.74) is 1.19. The predicted octanol–water partition coefficient (Wildman–Crippen LogP) is 2.99. The first-order chi connectivity index (χ1) is 6.74. The van der Waals surface area contributed by atoms with Gasteiger partial charge in [-0.05, 0) is 26.0 Å². The molecule has 80 valence electrons. The molecule has 1 unspecified atom stereocenters. The van der Waals surface area contributed by atoms with Crippen LogP contribution in [0, 0.1) is 6.92 Å². The van der Waals surface area contributed by atoms with E-state index in [4.69, 9.17) is 4.52 Å². The highest BCUT2D eigenvalue weighted by molar-refractivity contribution is 7.55. The topological polar surface area (TPSA) is 29.5 Å². The molecule has 1 atom stereocenters. The molecule has 0 aliphatic rings. The van der Waals surface area contributed by atoms with Crippen molar-refractivity contribution in [3.05, 3.63) is 29.8 Å². The molecule has 0 saturated heterocycles. The van der Waals surface area contributed by atoms with Gasteiger partial charge in [-0.2, -0.15) is 0 Å². The van der Waals surface area contributed by atoms with E-state index in [9.17, 15) is 4.89 Å². The van der Waals surface area contributed by atoms with Gasteiger partial charge in [0.1, 0.15) is 0 Å². The largest absolute Gasteiger partial charge is 0.346 e. The lowest BCUT2D eigenvalue weighted by atomic mass is 10.2. The van der Waals surface area contributed by atoms with Gasteiger partial charge in [-0.15, -0.1) is 0 Å². The predicted molar refractivity (Wildman–Crippen MR) is 62.9 cm³/mol. The lowest BCUT2D eigenvalue weighted by Crippen LogP contribution is -2.01. The summed E-state index contributed by atoms with van der Waals surface area (Å²) in [7, 11) is -1.39. The third-order valence-electron chi connectivity index (χ3n) is 1.51. The molecule has 0 saturated carbocycles. The first-order valence-corrected chi connectivity index (χ1v) is 6.14. The highest BCUT2D eigenvalue weighted by atomic mass is 31.2. The molecular weight excluding hydrogens is 195 g/mol. The third kappa shape index (κ3) is 4.71. The van der Waals surface area contributed by atoms with E-state index in [-0.39, 0.29) is 0 Å². The Morgan fingerprint density at radius 1 is 1.21 bits per heavy atom. The van der Waals surface area contributed by atoms with Crippen molar-refractivity contribution in [3.8, 4) is 0 Å². The first-order valence-electron chi connectivity index (χ1n) is 4.92. The van der Waals surface area contributed by atoms with Crippen molar-refractivity contribution in [2.45, 2.75) is 27.7 Å². The van der Waals surface area contributed by atoms with Crippen molar-refractivity contribution in [3.63, 3.8) is 0 Å². The minimum absolute atomic E-state index is 0.552. The smallest absolute Gasteiger partial charge is 0.202 e. The number of benzene rings is 1. The van der Waals surface area contributed by atoms with E-state index in [0.29, 0.717) is 6.61 Å². The third-order valence-corrected chi connectivity index (χ3v) is 2.75. The Balaban J connectivity index is 0.000000791. The van der Waals surface area contributed by atoms with E-state index in [0.717, 1.165) is 5.30 Å². The van der Waals surface area contributed by atoms with Crippen LogP contribution in [0.15, 0.2) is 24.3 Å². The van der Waals surface area contributed by atoms with Crippen molar-refractivity contribution < 1.29 is 9.42 Å². The molecule has 1 rings (SSSR count). The summed E-state index contributed by atoms with van der Waals surface area (Å²) in [5, 5.41) is 0.873. The van der Waals surface area contributed by atoms with Crippen LogP contribution in [-0.4, -0.2) is 11.5 Å². The number of aryl methyl sites for hydroxylation is 1. The Morgan fingerprint density at radius 2 is 1.71 bits per heavy atom. The van der Waals surface area contributed by atoms with Crippen LogP contribution >= 0.6 is 8.38 Å². The molecule has 0 heterocycles. The fraction of sp³-hybridized carbons (Fsp3) is 0.455. The molecule has 0 aromatic heterocycles. The summed E-state index contributed by atoms with van der Waals surface area (Å²) >= 11 is 0. The van der Waals surface area contributed by atoms with E-state index >= 15 is 0 Å². The van der Waals surface area contributed by atoms with Crippen LogP contribution in [-0.2, 0) is 4.52 Å². The number of rotatable bonds is 3. The van der Waals surface area contributed by atoms with Crippen LogP contribution in [0.4, 0.5) is 0 Å². The standard InChI is InChI=1S/C9H13O2P.C2H6/c1-3-11-12(10)9-6-4-8(2)5-7-9;1-2/h4-7,10H,3H2,1-2H3;1-2H3. The Labute approximate surface area is 87.8 Å². The highest BCUT2D eigenvalue weighted by Crippen LogP contribution is 2.29. The SMILES string of the molecule is CC.CCOP(O)c1ccc(C)cc1. The molecule has 1 aromatic carbocycles. The van der Waals surface area contributed by atoms with E-state index in [1.165, 1.54) is 5.56 Å². The van der Waals surface area contributed by atoms with Crippen molar-refractivity contribution in [1.82, 2.24) is 0 Å². The zero-order chi connectivity index (χ0) is 11.0. The molecule has 0 radical (unpaired) electrons. The maximum absolute atomic E-state index is 9.45. The fourth-order valence-corrected chi connectivity index (χ4v) is 1.67. The van der Waals surface area contributed by atoms with Crippen molar-refractivity contribution >= 4 is 13.7 Å².